The van der Waals surface area contributed by atoms with Crippen LogP contribution in [-0.2, 0) is 10.0 Å². The molecule has 8 heteroatoms. The molecule has 0 saturated carbocycles. The maximum atomic E-state index is 12.8. The minimum Gasteiger partial charge on any atom is -0.338 e. The molecular formula is C19H26N4O3S. The number of hydrogen-bond acceptors (Lipinski definition) is 4. The third-order valence-corrected chi connectivity index (χ3v) is 6.66. The van der Waals surface area contributed by atoms with Gasteiger partial charge in [0.1, 0.15) is 0 Å². The number of H-pyrrole nitrogens is 1. The number of nitrogens with zero attached hydrogens (tertiary/aromatic N) is 2. The Morgan fingerprint density at radius 1 is 1.33 bits per heavy atom. The molecule has 2 atom stereocenters. The van der Waals surface area contributed by atoms with Crippen LogP contribution in [0.3, 0.4) is 0 Å². The molecule has 0 aliphatic carbocycles. The standard InChI is InChI=1S/C19H26N4O3S/c1-3-14(2)22-27(25,26)17-8-6-15(7-9-17)19(24)23-12-4-5-16(13-23)18-10-11-20-21-18/h6-11,14,16,22H,3-5,12-13H2,1-2H3,(H,20,21)/t14-,16+/m0/s1. The first-order valence-corrected chi connectivity index (χ1v) is 10.8. The largest absolute Gasteiger partial charge is 0.338 e. The van der Waals surface area contributed by atoms with Crippen molar-refractivity contribution in [3.8, 4) is 0 Å². The third-order valence-electron chi connectivity index (χ3n) is 5.05. The number of likely N-dealkylation sites (tertiary alicyclic amines) is 1. The van der Waals surface area contributed by atoms with E-state index in [0.29, 0.717) is 25.1 Å². The second-order valence-corrected chi connectivity index (χ2v) is 8.77. The van der Waals surface area contributed by atoms with Crippen molar-refractivity contribution < 1.29 is 13.2 Å². The SMILES string of the molecule is CC[C@H](C)NS(=O)(=O)c1ccc(C(=O)N2CCC[C@@H](c3ccn[nH]3)C2)cc1. The van der Waals surface area contributed by atoms with Crippen LogP contribution in [-0.4, -0.2) is 48.6 Å². The predicted octanol–water partition coefficient (Wildman–Crippen LogP) is 2.51. The average molecular weight is 391 g/mol. The summed E-state index contributed by atoms with van der Waals surface area (Å²) >= 11 is 0. The number of nitrogens with one attached hydrogen (secondary N) is 2. The van der Waals surface area contributed by atoms with Crippen LogP contribution in [0, 0.1) is 0 Å². The van der Waals surface area contributed by atoms with Crippen LogP contribution in [0.15, 0.2) is 41.4 Å². The summed E-state index contributed by atoms with van der Waals surface area (Å²) in [5.41, 5.74) is 1.55. The molecule has 1 aliphatic rings. The molecule has 3 rings (SSSR count). The Bertz CT molecular complexity index is 863. The molecule has 2 N–H and O–H groups in total. The molecule has 27 heavy (non-hydrogen) atoms. The highest BCUT2D eigenvalue weighted by Crippen LogP contribution is 2.26. The molecule has 1 aromatic heterocycles. The summed E-state index contributed by atoms with van der Waals surface area (Å²) in [7, 11) is -3.56. The van der Waals surface area contributed by atoms with Crippen LogP contribution in [0.2, 0.25) is 0 Å². The van der Waals surface area contributed by atoms with Crippen molar-refractivity contribution in [2.75, 3.05) is 13.1 Å². The van der Waals surface area contributed by atoms with Crippen molar-refractivity contribution >= 4 is 15.9 Å². The number of carbonyl (C=O) groups is 1. The lowest BCUT2D eigenvalue weighted by atomic mass is 9.94. The van der Waals surface area contributed by atoms with Gasteiger partial charge in [0.25, 0.3) is 5.91 Å². The first kappa shape index (κ1) is 19.6. The van der Waals surface area contributed by atoms with Gasteiger partial charge in [-0.15, -0.1) is 0 Å². The van der Waals surface area contributed by atoms with Gasteiger partial charge in [-0.05, 0) is 56.5 Å². The minimum atomic E-state index is -3.56. The van der Waals surface area contributed by atoms with Crippen LogP contribution in [0.25, 0.3) is 0 Å². The molecule has 0 radical (unpaired) electrons. The number of rotatable bonds is 6. The summed E-state index contributed by atoms with van der Waals surface area (Å²) in [5, 5.41) is 6.98. The van der Waals surface area contributed by atoms with Crippen molar-refractivity contribution in [2.24, 2.45) is 0 Å². The number of benzene rings is 1. The lowest BCUT2D eigenvalue weighted by Crippen LogP contribution is -2.39. The number of piperidine rings is 1. The average Bonchev–Trinajstić information content (AvgIpc) is 3.22. The summed E-state index contributed by atoms with van der Waals surface area (Å²) in [6.45, 7) is 5.09. The molecule has 1 aliphatic heterocycles. The normalized spacial score (nSPS) is 19.0. The summed E-state index contributed by atoms with van der Waals surface area (Å²) in [6, 6.07) is 7.98. The Morgan fingerprint density at radius 2 is 2.07 bits per heavy atom. The van der Waals surface area contributed by atoms with E-state index in [2.05, 4.69) is 14.9 Å². The first-order chi connectivity index (χ1) is 12.9. The van der Waals surface area contributed by atoms with Gasteiger partial charge in [0.05, 0.1) is 4.90 Å². The minimum absolute atomic E-state index is 0.0713. The Morgan fingerprint density at radius 3 is 2.70 bits per heavy atom. The lowest BCUT2D eigenvalue weighted by molar-refractivity contribution is 0.0705. The van der Waals surface area contributed by atoms with Crippen LogP contribution in [0.5, 0.6) is 0 Å². The number of aromatic amines is 1. The van der Waals surface area contributed by atoms with E-state index in [0.717, 1.165) is 18.5 Å². The summed E-state index contributed by atoms with van der Waals surface area (Å²) < 4.78 is 27.3. The highest BCUT2D eigenvalue weighted by Gasteiger charge is 2.26. The predicted molar refractivity (Wildman–Crippen MR) is 103 cm³/mol. The maximum absolute atomic E-state index is 12.8. The summed E-state index contributed by atoms with van der Waals surface area (Å²) in [5.74, 6) is 0.183. The smallest absolute Gasteiger partial charge is 0.253 e. The fourth-order valence-corrected chi connectivity index (χ4v) is 4.61. The second kappa shape index (κ2) is 8.22. The highest BCUT2D eigenvalue weighted by atomic mass is 32.2. The highest BCUT2D eigenvalue weighted by molar-refractivity contribution is 7.89. The quantitative estimate of drug-likeness (QED) is 0.792. The van der Waals surface area contributed by atoms with E-state index in [1.807, 2.05) is 24.8 Å². The van der Waals surface area contributed by atoms with Crippen LogP contribution in [0.4, 0.5) is 0 Å². The molecule has 1 fully saturated rings. The molecule has 2 heterocycles. The molecule has 0 unspecified atom stereocenters. The monoisotopic (exact) mass is 390 g/mol. The molecule has 1 saturated heterocycles. The first-order valence-electron chi connectivity index (χ1n) is 9.31. The van der Waals surface area contributed by atoms with E-state index in [9.17, 15) is 13.2 Å². The Kier molecular flexibility index (Phi) is 5.96. The zero-order chi connectivity index (χ0) is 19.4. The van der Waals surface area contributed by atoms with E-state index in [1.54, 1.807) is 18.3 Å². The van der Waals surface area contributed by atoms with Gasteiger partial charge in [-0.25, -0.2) is 13.1 Å². The zero-order valence-electron chi connectivity index (χ0n) is 15.7. The van der Waals surface area contributed by atoms with E-state index in [4.69, 9.17) is 0 Å². The number of carbonyl (C=O) groups excluding carboxylic acids is 1. The van der Waals surface area contributed by atoms with Gasteiger partial charge < -0.3 is 4.90 Å². The number of hydrogen-bond donors (Lipinski definition) is 2. The second-order valence-electron chi connectivity index (χ2n) is 7.06. The molecular weight excluding hydrogens is 364 g/mol. The van der Waals surface area contributed by atoms with Crippen LogP contribution in [0.1, 0.15) is 55.1 Å². The zero-order valence-corrected chi connectivity index (χ0v) is 16.5. The van der Waals surface area contributed by atoms with Crippen LogP contribution >= 0.6 is 0 Å². The molecule has 0 bridgehead atoms. The Hall–Kier alpha value is -2.19. The topological polar surface area (TPSA) is 95.2 Å². The van der Waals surface area contributed by atoms with E-state index in [-0.39, 0.29) is 22.8 Å². The van der Waals surface area contributed by atoms with E-state index >= 15 is 0 Å². The van der Waals surface area contributed by atoms with Gasteiger partial charge in [-0.1, -0.05) is 6.92 Å². The molecule has 7 nitrogen and oxygen atoms in total. The summed E-state index contributed by atoms with van der Waals surface area (Å²) in [6.07, 6.45) is 4.39. The van der Waals surface area contributed by atoms with E-state index < -0.39 is 10.0 Å². The van der Waals surface area contributed by atoms with Crippen molar-refractivity contribution in [1.82, 2.24) is 19.8 Å². The van der Waals surface area contributed by atoms with Gasteiger partial charge in [-0.3, -0.25) is 9.89 Å². The van der Waals surface area contributed by atoms with Gasteiger partial charge >= 0.3 is 0 Å². The number of aromatic nitrogens is 2. The fourth-order valence-electron chi connectivity index (χ4n) is 3.28. The van der Waals surface area contributed by atoms with Gasteiger partial charge in [0, 0.05) is 42.5 Å². The molecule has 2 aromatic rings. The van der Waals surface area contributed by atoms with E-state index in [1.165, 1.54) is 12.1 Å². The number of sulfonamides is 1. The Labute approximate surface area is 160 Å². The Balaban J connectivity index is 1.70. The van der Waals surface area contributed by atoms with Crippen molar-refractivity contribution in [1.29, 1.82) is 0 Å². The summed E-state index contributed by atoms with van der Waals surface area (Å²) in [4.78, 5) is 14.8. The van der Waals surface area contributed by atoms with Crippen molar-refractivity contribution in [3.63, 3.8) is 0 Å². The van der Waals surface area contributed by atoms with Crippen molar-refractivity contribution in [2.45, 2.75) is 50.0 Å². The molecule has 0 spiro atoms. The van der Waals surface area contributed by atoms with Gasteiger partial charge in [-0.2, -0.15) is 5.10 Å². The molecule has 1 amide bonds. The van der Waals surface area contributed by atoms with Gasteiger partial charge in [0.15, 0.2) is 0 Å². The number of amides is 1. The van der Waals surface area contributed by atoms with Gasteiger partial charge in [0.2, 0.25) is 10.0 Å². The molecule has 1 aromatic carbocycles. The molecule has 146 valence electrons. The maximum Gasteiger partial charge on any atom is 0.253 e. The van der Waals surface area contributed by atoms with Crippen LogP contribution < -0.4 is 4.72 Å². The third kappa shape index (κ3) is 4.56. The van der Waals surface area contributed by atoms with Crippen molar-refractivity contribution in [3.05, 3.63) is 47.8 Å². The fraction of sp³-hybridized carbons (Fsp3) is 0.474. The lowest BCUT2D eigenvalue weighted by Gasteiger charge is -2.32.